The number of benzene rings is 1. The maximum atomic E-state index is 4.68. The summed E-state index contributed by atoms with van der Waals surface area (Å²) >= 11 is 1.97. The van der Waals surface area contributed by atoms with Gasteiger partial charge in [-0.1, -0.05) is 30.3 Å². The molecule has 1 aliphatic rings. The number of guanidine groups is 1. The van der Waals surface area contributed by atoms with Crippen molar-refractivity contribution < 1.29 is 0 Å². The first-order valence-corrected chi connectivity index (χ1v) is 7.92. The normalized spacial score (nSPS) is 16.2. The third kappa shape index (κ3) is 5.16. The van der Waals surface area contributed by atoms with Gasteiger partial charge in [-0.3, -0.25) is 0 Å². The number of thioether (sulfide) groups is 1. The lowest BCUT2D eigenvalue weighted by Gasteiger charge is -2.20. The fourth-order valence-electron chi connectivity index (χ4n) is 1.94. The third-order valence-corrected chi connectivity index (χ3v) is 4.91. The van der Waals surface area contributed by atoms with Crippen molar-refractivity contribution in [2.45, 2.75) is 24.1 Å². The van der Waals surface area contributed by atoms with Gasteiger partial charge in [-0.05, 0) is 24.7 Å². The molecule has 20 heavy (non-hydrogen) atoms. The van der Waals surface area contributed by atoms with Gasteiger partial charge in [0.25, 0.3) is 0 Å². The third-order valence-electron chi connectivity index (χ3n) is 3.49. The van der Waals surface area contributed by atoms with Gasteiger partial charge in [-0.15, -0.1) is 24.0 Å². The molecule has 0 aliphatic heterocycles. The summed E-state index contributed by atoms with van der Waals surface area (Å²) in [5, 5.41) is 3.50. The molecule has 0 amide bonds. The van der Waals surface area contributed by atoms with E-state index >= 15 is 0 Å². The summed E-state index contributed by atoms with van der Waals surface area (Å²) in [6.45, 7) is 1.74. The van der Waals surface area contributed by atoms with Gasteiger partial charge >= 0.3 is 0 Å². The zero-order valence-electron chi connectivity index (χ0n) is 12.4. The fraction of sp³-hybridized carbons (Fsp3) is 0.533. The SMILES string of the molecule is CSC1(CNC(=NCc2ccccc2)N(C)C)CC1.I. The minimum Gasteiger partial charge on any atom is -0.355 e. The van der Waals surface area contributed by atoms with E-state index in [4.69, 9.17) is 0 Å². The number of rotatable bonds is 5. The number of nitrogens with zero attached hydrogens (tertiary/aromatic N) is 2. The van der Waals surface area contributed by atoms with Gasteiger partial charge in [0.15, 0.2) is 5.96 Å². The average Bonchev–Trinajstić information content (AvgIpc) is 3.20. The van der Waals surface area contributed by atoms with Crippen molar-refractivity contribution in [1.29, 1.82) is 0 Å². The highest BCUT2D eigenvalue weighted by atomic mass is 127. The van der Waals surface area contributed by atoms with Gasteiger partial charge in [0.2, 0.25) is 0 Å². The molecule has 0 atom stereocenters. The second kappa shape index (κ2) is 8.12. The maximum Gasteiger partial charge on any atom is 0.193 e. The topological polar surface area (TPSA) is 27.6 Å². The van der Waals surface area contributed by atoms with Crippen molar-refractivity contribution in [3.63, 3.8) is 0 Å². The summed E-state index contributed by atoms with van der Waals surface area (Å²) in [6, 6.07) is 10.4. The Balaban J connectivity index is 0.00000200. The number of halogens is 1. The van der Waals surface area contributed by atoms with E-state index in [1.54, 1.807) is 0 Å². The Labute approximate surface area is 143 Å². The molecule has 3 nitrogen and oxygen atoms in total. The second-order valence-electron chi connectivity index (χ2n) is 5.26. The summed E-state index contributed by atoms with van der Waals surface area (Å²) in [5.41, 5.74) is 1.25. The first kappa shape index (κ1) is 17.6. The molecule has 1 aromatic carbocycles. The summed E-state index contributed by atoms with van der Waals surface area (Å²) in [7, 11) is 4.07. The largest absolute Gasteiger partial charge is 0.355 e. The smallest absolute Gasteiger partial charge is 0.193 e. The Bertz CT molecular complexity index is 430. The van der Waals surface area contributed by atoms with Crippen molar-refractivity contribution in [3.8, 4) is 0 Å². The molecule has 1 fully saturated rings. The molecule has 0 aromatic heterocycles. The van der Waals surface area contributed by atoms with Gasteiger partial charge in [0.05, 0.1) is 6.54 Å². The molecule has 5 heteroatoms. The molecule has 0 unspecified atom stereocenters. The molecule has 1 N–H and O–H groups in total. The summed E-state index contributed by atoms with van der Waals surface area (Å²) < 4.78 is 0.462. The first-order chi connectivity index (χ1) is 9.15. The molecule has 1 saturated carbocycles. The molecule has 0 spiro atoms. The van der Waals surface area contributed by atoms with Crippen LogP contribution in [0.2, 0.25) is 0 Å². The summed E-state index contributed by atoms with van der Waals surface area (Å²) in [4.78, 5) is 6.74. The Morgan fingerprint density at radius 2 is 1.95 bits per heavy atom. The molecular formula is C15H24IN3S. The number of nitrogens with one attached hydrogen (secondary N) is 1. The lowest BCUT2D eigenvalue weighted by molar-refractivity contribution is 0.576. The standard InChI is InChI=1S/C15H23N3S.HI/c1-18(2)14(17-12-15(19-3)9-10-15)16-11-13-7-5-4-6-8-13;/h4-8H,9-12H2,1-3H3,(H,16,17);1H. The van der Waals surface area contributed by atoms with Crippen molar-refractivity contribution in [1.82, 2.24) is 10.2 Å². The maximum absolute atomic E-state index is 4.68. The van der Waals surface area contributed by atoms with Crippen LogP contribution in [-0.4, -0.2) is 42.5 Å². The van der Waals surface area contributed by atoms with Crippen LogP contribution >= 0.6 is 35.7 Å². The zero-order valence-corrected chi connectivity index (χ0v) is 15.6. The molecule has 0 bridgehead atoms. The van der Waals surface area contributed by atoms with E-state index < -0.39 is 0 Å². The van der Waals surface area contributed by atoms with Crippen LogP contribution in [0.3, 0.4) is 0 Å². The Kier molecular flexibility index (Phi) is 7.15. The lowest BCUT2D eigenvalue weighted by Crippen LogP contribution is -2.40. The Morgan fingerprint density at radius 3 is 2.45 bits per heavy atom. The first-order valence-electron chi connectivity index (χ1n) is 6.70. The highest BCUT2D eigenvalue weighted by Crippen LogP contribution is 2.46. The minimum atomic E-state index is 0. The van der Waals surface area contributed by atoms with Crippen LogP contribution in [0, 0.1) is 0 Å². The van der Waals surface area contributed by atoms with E-state index in [9.17, 15) is 0 Å². The molecule has 0 saturated heterocycles. The molecule has 1 aromatic rings. The number of hydrogen-bond donors (Lipinski definition) is 1. The van der Waals surface area contributed by atoms with Crippen LogP contribution in [0.5, 0.6) is 0 Å². The van der Waals surface area contributed by atoms with E-state index in [2.05, 4.69) is 45.7 Å². The summed E-state index contributed by atoms with van der Waals surface area (Å²) in [6.07, 6.45) is 4.84. The van der Waals surface area contributed by atoms with Gasteiger partial charge in [-0.2, -0.15) is 11.8 Å². The van der Waals surface area contributed by atoms with Crippen LogP contribution < -0.4 is 5.32 Å². The van der Waals surface area contributed by atoms with Gasteiger partial charge < -0.3 is 10.2 Å². The van der Waals surface area contributed by atoms with Gasteiger partial charge in [0, 0.05) is 25.4 Å². The van der Waals surface area contributed by atoms with Crippen LogP contribution in [0.15, 0.2) is 35.3 Å². The van der Waals surface area contributed by atoms with E-state index in [1.165, 1.54) is 18.4 Å². The average molecular weight is 405 g/mol. The van der Waals surface area contributed by atoms with Crippen LogP contribution in [0.1, 0.15) is 18.4 Å². The predicted octanol–water partition coefficient (Wildman–Crippen LogP) is 3.21. The molecule has 2 rings (SSSR count). The Morgan fingerprint density at radius 1 is 1.30 bits per heavy atom. The predicted molar refractivity (Wildman–Crippen MR) is 100 cm³/mol. The number of hydrogen-bond acceptors (Lipinski definition) is 2. The van der Waals surface area contributed by atoms with E-state index in [-0.39, 0.29) is 24.0 Å². The van der Waals surface area contributed by atoms with Crippen molar-refractivity contribution in [2.24, 2.45) is 4.99 Å². The van der Waals surface area contributed by atoms with Gasteiger partial charge in [0.1, 0.15) is 0 Å². The minimum absolute atomic E-state index is 0. The fourth-order valence-corrected chi connectivity index (χ4v) is 2.66. The van der Waals surface area contributed by atoms with Crippen LogP contribution in [-0.2, 0) is 6.54 Å². The molecule has 112 valence electrons. The second-order valence-corrected chi connectivity index (χ2v) is 6.53. The highest BCUT2D eigenvalue weighted by molar-refractivity contribution is 14.0. The van der Waals surface area contributed by atoms with E-state index in [0.29, 0.717) is 4.75 Å². The zero-order chi connectivity index (χ0) is 13.7. The van der Waals surface area contributed by atoms with Crippen molar-refractivity contribution >= 4 is 41.7 Å². The van der Waals surface area contributed by atoms with Crippen molar-refractivity contribution in [3.05, 3.63) is 35.9 Å². The molecule has 0 heterocycles. The molecule has 0 radical (unpaired) electrons. The van der Waals surface area contributed by atoms with Gasteiger partial charge in [-0.25, -0.2) is 4.99 Å². The van der Waals surface area contributed by atoms with E-state index in [0.717, 1.165) is 19.0 Å². The van der Waals surface area contributed by atoms with Crippen molar-refractivity contribution in [2.75, 3.05) is 26.9 Å². The van der Waals surface area contributed by atoms with Crippen LogP contribution in [0.25, 0.3) is 0 Å². The monoisotopic (exact) mass is 405 g/mol. The number of aliphatic imine (C=N–C) groups is 1. The Hall–Kier alpha value is -0.430. The van der Waals surface area contributed by atoms with Crippen LogP contribution in [0.4, 0.5) is 0 Å². The quantitative estimate of drug-likeness (QED) is 0.463. The van der Waals surface area contributed by atoms with E-state index in [1.807, 2.05) is 31.9 Å². The highest BCUT2D eigenvalue weighted by Gasteiger charge is 2.41. The lowest BCUT2D eigenvalue weighted by atomic mass is 10.2. The summed E-state index contributed by atoms with van der Waals surface area (Å²) in [5.74, 6) is 0.976. The molecule has 1 aliphatic carbocycles. The molecular weight excluding hydrogens is 381 g/mol.